The molecular formula is C22H23ClN2O4S. The largest absolute Gasteiger partial charge is 0.496 e. The van der Waals surface area contributed by atoms with E-state index in [2.05, 4.69) is 17.6 Å². The highest BCUT2D eigenvalue weighted by molar-refractivity contribution is 8.02. The summed E-state index contributed by atoms with van der Waals surface area (Å²) in [5.74, 6) is 0.621. The number of thioether (sulfide) groups is 1. The van der Waals surface area contributed by atoms with Gasteiger partial charge in [0, 0.05) is 23.8 Å². The van der Waals surface area contributed by atoms with E-state index in [0.29, 0.717) is 24.6 Å². The first kappa shape index (κ1) is 22.1. The number of aryl methyl sites for hydroxylation is 1. The lowest BCUT2D eigenvalue weighted by Gasteiger charge is -2.16. The van der Waals surface area contributed by atoms with Crippen LogP contribution in [-0.2, 0) is 22.5 Å². The van der Waals surface area contributed by atoms with E-state index >= 15 is 0 Å². The third-order valence-electron chi connectivity index (χ3n) is 4.54. The van der Waals surface area contributed by atoms with Crippen LogP contribution in [0.2, 0.25) is 5.02 Å². The zero-order valence-electron chi connectivity index (χ0n) is 16.8. The van der Waals surface area contributed by atoms with Gasteiger partial charge >= 0.3 is 0 Å². The van der Waals surface area contributed by atoms with Gasteiger partial charge < -0.3 is 20.1 Å². The van der Waals surface area contributed by atoms with Crippen LogP contribution >= 0.6 is 23.4 Å². The number of benzene rings is 2. The third kappa shape index (κ3) is 5.49. The second kappa shape index (κ2) is 10.4. The van der Waals surface area contributed by atoms with E-state index in [-0.39, 0.29) is 22.3 Å². The van der Waals surface area contributed by atoms with E-state index in [1.165, 1.54) is 36.6 Å². The molecule has 0 unspecified atom stereocenters. The maximum atomic E-state index is 12.7. The highest BCUT2D eigenvalue weighted by Crippen LogP contribution is 2.31. The lowest BCUT2D eigenvalue weighted by atomic mass is 10.1. The van der Waals surface area contributed by atoms with Crippen LogP contribution in [0.3, 0.4) is 0 Å². The van der Waals surface area contributed by atoms with E-state index in [9.17, 15) is 9.59 Å². The van der Waals surface area contributed by atoms with Crippen molar-refractivity contribution in [3.63, 3.8) is 0 Å². The van der Waals surface area contributed by atoms with Crippen molar-refractivity contribution in [2.24, 2.45) is 0 Å². The summed E-state index contributed by atoms with van der Waals surface area (Å²) < 4.78 is 10.7. The van der Waals surface area contributed by atoms with Crippen LogP contribution in [-0.4, -0.2) is 31.3 Å². The summed E-state index contributed by atoms with van der Waals surface area (Å²) in [6.07, 6.45) is 0.966. The van der Waals surface area contributed by atoms with Gasteiger partial charge in [-0.2, -0.15) is 0 Å². The van der Waals surface area contributed by atoms with Gasteiger partial charge in [-0.25, -0.2) is 0 Å². The number of ether oxygens (including phenoxy) is 2. The summed E-state index contributed by atoms with van der Waals surface area (Å²) in [6.45, 7) is 2.95. The molecule has 2 amide bonds. The van der Waals surface area contributed by atoms with Crippen molar-refractivity contribution in [2.45, 2.75) is 19.9 Å². The number of carbonyl (C=O) groups is 2. The zero-order valence-corrected chi connectivity index (χ0v) is 18.4. The Bertz CT molecular complexity index is 960. The number of rotatable bonds is 7. The first-order valence-corrected chi connectivity index (χ1v) is 10.9. The number of anilines is 1. The van der Waals surface area contributed by atoms with Gasteiger partial charge in [0.15, 0.2) is 5.76 Å². The fourth-order valence-electron chi connectivity index (χ4n) is 2.84. The first-order chi connectivity index (χ1) is 14.5. The van der Waals surface area contributed by atoms with Crippen molar-refractivity contribution in [3.8, 4) is 5.75 Å². The number of amides is 2. The van der Waals surface area contributed by atoms with Crippen LogP contribution < -0.4 is 15.4 Å². The van der Waals surface area contributed by atoms with Crippen LogP contribution in [0.5, 0.6) is 5.75 Å². The number of methoxy groups -OCH3 is 1. The standard InChI is InChI=1S/C22H23ClN2O4S/c1-3-14-4-6-15(7-5-14)12-24-21(26)16-10-17(23)18(11-19(16)28-2)25-22(27)20-13-30-9-8-29-20/h4-7,10-11,13H,3,8-9,12H2,1-2H3,(H,24,26)(H,25,27). The fraction of sp³-hybridized carbons (Fsp3) is 0.273. The van der Waals surface area contributed by atoms with Gasteiger partial charge in [-0.05, 0) is 23.6 Å². The molecule has 1 aliphatic rings. The molecule has 0 bridgehead atoms. The smallest absolute Gasteiger partial charge is 0.291 e. The van der Waals surface area contributed by atoms with Gasteiger partial charge in [0.2, 0.25) is 0 Å². The molecule has 0 aliphatic carbocycles. The molecule has 2 N–H and O–H groups in total. The van der Waals surface area contributed by atoms with Crippen molar-refractivity contribution < 1.29 is 19.1 Å². The Hall–Kier alpha value is -2.64. The predicted octanol–water partition coefficient (Wildman–Crippen LogP) is 4.38. The maximum Gasteiger partial charge on any atom is 0.291 e. The molecule has 158 valence electrons. The van der Waals surface area contributed by atoms with E-state index in [1.807, 2.05) is 24.3 Å². The van der Waals surface area contributed by atoms with E-state index in [0.717, 1.165) is 17.7 Å². The second-order valence-electron chi connectivity index (χ2n) is 6.54. The van der Waals surface area contributed by atoms with Crippen LogP contribution in [0.4, 0.5) is 5.69 Å². The van der Waals surface area contributed by atoms with Gasteiger partial charge in [0.05, 0.1) is 30.0 Å². The molecule has 0 fully saturated rings. The Kier molecular flexibility index (Phi) is 7.65. The summed E-state index contributed by atoms with van der Waals surface area (Å²) in [6, 6.07) is 11.1. The summed E-state index contributed by atoms with van der Waals surface area (Å²) in [7, 11) is 1.46. The quantitative estimate of drug-likeness (QED) is 0.659. The van der Waals surface area contributed by atoms with Crippen molar-refractivity contribution in [1.29, 1.82) is 0 Å². The number of hydrogen-bond donors (Lipinski definition) is 2. The molecule has 1 aliphatic heterocycles. The number of hydrogen-bond acceptors (Lipinski definition) is 5. The minimum atomic E-state index is -0.404. The average Bonchev–Trinajstić information content (AvgIpc) is 2.79. The fourth-order valence-corrected chi connectivity index (χ4v) is 3.67. The molecule has 8 heteroatoms. The highest BCUT2D eigenvalue weighted by Gasteiger charge is 2.20. The molecule has 1 heterocycles. The lowest BCUT2D eigenvalue weighted by molar-refractivity contribution is -0.116. The number of halogens is 1. The Morgan fingerprint density at radius 3 is 2.53 bits per heavy atom. The Morgan fingerprint density at radius 1 is 1.17 bits per heavy atom. The van der Waals surface area contributed by atoms with Crippen LogP contribution in [0.15, 0.2) is 47.6 Å². The molecule has 0 saturated carbocycles. The third-order valence-corrected chi connectivity index (χ3v) is 5.64. The van der Waals surface area contributed by atoms with Crippen molar-refractivity contribution in [3.05, 3.63) is 69.3 Å². The Labute approximate surface area is 185 Å². The summed E-state index contributed by atoms with van der Waals surface area (Å²) >= 11 is 7.83. The monoisotopic (exact) mass is 446 g/mol. The molecule has 0 spiro atoms. The van der Waals surface area contributed by atoms with Crippen molar-refractivity contribution in [2.75, 3.05) is 24.8 Å². The lowest BCUT2D eigenvalue weighted by Crippen LogP contribution is -2.24. The molecule has 3 rings (SSSR count). The summed E-state index contributed by atoms with van der Waals surface area (Å²) in [5.41, 5.74) is 2.86. The predicted molar refractivity (Wildman–Crippen MR) is 120 cm³/mol. The average molecular weight is 447 g/mol. The number of carbonyl (C=O) groups excluding carboxylic acids is 2. The van der Waals surface area contributed by atoms with E-state index in [1.54, 1.807) is 5.41 Å². The minimum Gasteiger partial charge on any atom is -0.496 e. The molecule has 0 aromatic heterocycles. The summed E-state index contributed by atoms with van der Waals surface area (Å²) in [5, 5.41) is 7.46. The number of nitrogens with one attached hydrogen (secondary N) is 2. The van der Waals surface area contributed by atoms with Crippen LogP contribution in [0, 0.1) is 0 Å². The molecule has 0 saturated heterocycles. The molecule has 2 aromatic carbocycles. The first-order valence-electron chi connectivity index (χ1n) is 9.51. The van der Waals surface area contributed by atoms with Crippen LogP contribution in [0.1, 0.15) is 28.4 Å². The summed E-state index contributed by atoms with van der Waals surface area (Å²) in [4.78, 5) is 25.0. The van der Waals surface area contributed by atoms with Gasteiger partial charge in [-0.15, -0.1) is 11.8 Å². The van der Waals surface area contributed by atoms with Gasteiger partial charge in [-0.3, -0.25) is 9.59 Å². The molecule has 30 heavy (non-hydrogen) atoms. The van der Waals surface area contributed by atoms with Crippen LogP contribution in [0.25, 0.3) is 0 Å². The molecule has 6 nitrogen and oxygen atoms in total. The highest BCUT2D eigenvalue weighted by atomic mass is 35.5. The Balaban J connectivity index is 1.71. The zero-order chi connectivity index (χ0) is 21.5. The SMILES string of the molecule is CCc1ccc(CNC(=O)c2cc(Cl)c(NC(=O)C3=CSCCO3)cc2OC)cc1. The van der Waals surface area contributed by atoms with Crippen molar-refractivity contribution >= 4 is 40.9 Å². The van der Waals surface area contributed by atoms with Gasteiger partial charge in [0.1, 0.15) is 5.75 Å². The molecule has 0 atom stereocenters. The second-order valence-corrected chi connectivity index (χ2v) is 7.93. The normalized spacial score (nSPS) is 13.1. The maximum absolute atomic E-state index is 12.7. The topological polar surface area (TPSA) is 76.7 Å². The van der Waals surface area contributed by atoms with E-state index < -0.39 is 5.91 Å². The van der Waals surface area contributed by atoms with Gasteiger partial charge in [-0.1, -0.05) is 42.8 Å². The molecule has 0 radical (unpaired) electrons. The van der Waals surface area contributed by atoms with Crippen molar-refractivity contribution in [1.82, 2.24) is 5.32 Å². The Morgan fingerprint density at radius 2 is 1.90 bits per heavy atom. The van der Waals surface area contributed by atoms with E-state index in [4.69, 9.17) is 21.1 Å². The molecule has 2 aromatic rings. The van der Waals surface area contributed by atoms with Gasteiger partial charge in [0.25, 0.3) is 11.8 Å². The minimum absolute atomic E-state index is 0.227. The molecular weight excluding hydrogens is 424 g/mol.